The molecule has 0 aromatic heterocycles. The Morgan fingerprint density at radius 3 is 2.40 bits per heavy atom. The molecule has 42 heavy (non-hydrogen) atoms. The normalized spacial score (nSPS) is 14.0. The minimum Gasteiger partial charge on any atom is -0.480 e. The summed E-state index contributed by atoms with van der Waals surface area (Å²) in [5.41, 5.74) is 1.01. The van der Waals surface area contributed by atoms with Gasteiger partial charge in [-0.05, 0) is 59.5 Å². The number of nitrogens with one attached hydrogen (secondary N) is 1. The van der Waals surface area contributed by atoms with Gasteiger partial charge < -0.3 is 15.3 Å². The van der Waals surface area contributed by atoms with Crippen LogP contribution in [-0.4, -0.2) is 55.1 Å². The molecular weight excluding hydrogens is 613 g/mol. The maximum atomic E-state index is 13.9. The molecule has 1 heterocycles. The number of hydrogen-bond donors (Lipinski definition) is 2. The third-order valence-electron chi connectivity index (χ3n) is 6.71. The molecule has 2 N–H and O–H groups in total. The molecule has 220 valence electrons. The number of carboxylic acid groups (broad SMARTS) is 1. The summed E-state index contributed by atoms with van der Waals surface area (Å²) >= 11 is 13.0. The summed E-state index contributed by atoms with van der Waals surface area (Å²) in [5, 5.41) is 12.1. The highest BCUT2D eigenvalue weighted by molar-refractivity contribution is 7.90. The average molecular weight is 637 g/mol. The van der Waals surface area contributed by atoms with Crippen LogP contribution in [-0.2, 0) is 38.8 Å². The van der Waals surface area contributed by atoms with Crippen LogP contribution in [0.5, 0.6) is 0 Å². The second-order valence-electron chi connectivity index (χ2n) is 9.65. The molecule has 0 saturated heterocycles. The van der Waals surface area contributed by atoms with E-state index in [2.05, 4.69) is 5.32 Å². The van der Waals surface area contributed by atoms with Crippen LogP contribution in [0.2, 0.25) is 10.0 Å². The highest BCUT2D eigenvalue weighted by Crippen LogP contribution is 2.35. The Morgan fingerprint density at radius 2 is 1.76 bits per heavy atom. The first-order valence-electron chi connectivity index (χ1n) is 12.5. The van der Waals surface area contributed by atoms with E-state index in [1.807, 2.05) is 0 Å². The first-order valence-corrected chi connectivity index (χ1v) is 15.1. The van der Waals surface area contributed by atoms with Gasteiger partial charge in [0.15, 0.2) is 9.84 Å². The van der Waals surface area contributed by atoms with Crippen LogP contribution in [0.1, 0.15) is 32.6 Å². The number of aliphatic carboxylic acids is 1. The summed E-state index contributed by atoms with van der Waals surface area (Å²) in [5.74, 6) is -4.30. The molecule has 0 saturated carbocycles. The van der Waals surface area contributed by atoms with Crippen molar-refractivity contribution in [2.24, 2.45) is 0 Å². The van der Waals surface area contributed by atoms with Gasteiger partial charge in [-0.1, -0.05) is 41.4 Å². The van der Waals surface area contributed by atoms with E-state index < -0.39 is 45.3 Å². The van der Waals surface area contributed by atoms with E-state index in [1.165, 1.54) is 35.2 Å². The quantitative estimate of drug-likeness (QED) is 0.346. The van der Waals surface area contributed by atoms with Gasteiger partial charge in [-0.2, -0.15) is 0 Å². The lowest BCUT2D eigenvalue weighted by Gasteiger charge is -2.29. The van der Waals surface area contributed by atoms with E-state index in [4.69, 9.17) is 23.2 Å². The summed E-state index contributed by atoms with van der Waals surface area (Å²) in [4.78, 5) is 39.3. The highest BCUT2D eigenvalue weighted by atomic mass is 35.5. The standard InChI is InChI=1S/C29H24Cl2F2N2O6S/c1-42(40,41)18-5-2-4-16(12-18)13-24(29(38)39)34-28(37)26-21(30)14-17-15-35(11-10-19(17)27(26)31)25(36)9-8-20-22(32)6-3-7-23(20)33/h2-9,12,14,24H,10-11,13,15H2,1H3,(H,34,37)(H,38,39)/t24-/m0/s1. The molecule has 0 unspecified atom stereocenters. The fourth-order valence-corrected chi connectivity index (χ4v) is 6.00. The van der Waals surface area contributed by atoms with Gasteiger partial charge in [0.05, 0.1) is 20.5 Å². The zero-order valence-corrected chi connectivity index (χ0v) is 24.4. The lowest BCUT2D eigenvalue weighted by molar-refractivity contribution is -0.139. The summed E-state index contributed by atoms with van der Waals surface area (Å²) in [6.45, 7) is 0.251. The van der Waals surface area contributed by atoms with Gasteiger partial charge in [0.1, 0.15) is 17.7 Å². The number of hydrogen-bond acceptors (Lipinski definition) is 5. The van der Waals surface area contributed by atoms with Crippen molar-refractivity contribution in [3.63, 3.8) is 0 Å². The summed E-state index contributed by atoms with van der Waals surface area (Å²) in [7, 11) is -3.52. The number of carbonyl (C=O) groups is 3. The van der Waals surface area contributed by atoms with Gasteiger partial charge in [0, 0.05) is 37.4 Å². The monoisotopic (exact) mass is 636 g/mol. The summed E-state index contributed by atoms with van der Waals surface area (Å²) < 4.78 is 51.5. The van der Waals surface area contributed by atoms with E-state index in [9.17, 15) is 36.7 Å². The first-order chi connectivity index (χ1) is 19.8. The Balaban J connectivity index is 1.51. The van der Waals surface area contributed by atoms with Crippen LogP contribution in [0.3, 0.4) is 0 Å². The molecular formula is C29H24Cl2F2N2O6S. The van der Waals surface area contributed by atoms with E-state index in [0.29, 0.717) is 16.7 Å². The molecule has 1 atom stereocenters. The Bertz CT molecular complexity index is 1710. The number of nitrogens with zero attached hydrogens (tertiary/aromatic N) is 1. The van der Waals surface area contributed by atoms with Gasteiger partial charge in [0.2, 0.25) is 5.91 Å². The molecule has 13 heteroatoms. The van der Waals surface area contributed by atoms with Crippen LogP contribution in [0.25, 0.3) is 6.08 Å². The molecule has 1 aliphatic heterocycles. The number of carboxylic acids is 1. The van der Waals surface area contributed by atoms with Crippen LogP contribution in [0.4, 0.5) is 8.78 Å². The topological polar surface area (TPSA) is 121 Å². The van der Waals surface area contributed by atoms with E-state index >= 15 is 0 Å². The summed E-state index contributed by atoms with van der Waals surface area (Å²) in [6, 6.07) is 9.16. The third kappa shape index (κ3) is 6.97. The number of fused-ring (bicyclic) bond motifs is 1. The number of benzene rings is 3. The van der Waals surface area contributed by atoms with E-state index in [-0.39, 0.29) is 52.0 Å². The Morgan fingerprint density at radius 1 is 1.10 bits per heavy atom. The maximum absolute atomic E-state index is 13.9. The number of sulfone groups is 1. The molecule has 0 radical (unpaired) electrons. The molecule has 0 bridgehead atoms. The molecule has 3 aromatic carbocycles. The van der Waals surface area contributed by atoms with Crippen molar-refractivity contribution in [2.45, 2.75) is 30.3 Å². The summed E-state index contributed by atoms with van der Waals surface area (Å²) in [6.07, 6.45) is 3.19. The Labute approximate surface area is 250 Å². The molecule has 3 aromatic rings. The van der Waals surface area contributed by atoms with Crippen molar-refractivity contribution < 1.29 is 36.7 Å². The third-order valence-corrected chi connectivity index (χ3v) is 8.53. The van der Waals surface area contributed by atoms with Crippen LogP contribution in [0, 0.1) is 11.6 Å². The fraction of sp³-hybridized carbons (Fsp3) is 0.207. The predicted octanol–water partition coefficient (Wildman–Crippen LogP) is 4.70. The predicted molar refractivity (Wildman–Crippen MR) is 153 cm³/mol. The van der Waals surface area contributed by atoms with Crippen molar-refractivity contribution in [3.8, 4) is 0 Å². The minimum absolute atomic E-state index is 0.00859. The SMILES string of the molecule is CS(=O)(=O)c1cccc(C[C@H](NC(=O)c2c(Cl)cc3c(c2Cl)CCN(C(=O)C=Cc2c(F)cccc2F)C3)C(=O)O)c1. The molecule has 0 aliphatic carbocycles. The molecule has 1 aliphatic rings. The minimum atomic E-state index is -3.52. The van der Waals surface area contributed by atoms with Gasteiger partial charge >= 0.3 is 5.97 Å². The second kappa shape index (κ2) is 12.6. The number of amides is 2. The van der Waals surface area contributed by atoms with Crippen molar-refractivity contribution in [2.75, 3.05) is 12.8 Å². The van der Waals surface area contributed by atoms with Crippen molar-refractivity contribution in [1.29, 1.82) is 0 Å². The fourth-order valence-electron chi connectivity index (χ4n) is 4.55. The first kappa shape index (κ1) is 31.1. The number of carbonyl (C=O) groups excluding carboxylic acids is 2. The lowest BCUT2D eigenvalue weighted by atomic mass is 9.96. The van der Waals surface area contributed by atoms with E-state index in [1.54, 1.807) is 6.07 Å². The van der Waals surface area contributed by atoms with Gasteiger partial charge in [-0.25, -0.2) is 22.0 Å². The molecule has 8 nitrogen and oxygen atoms in total. The van der Waals surface area contributed by atoms with Crippen molar-refractivity contribution >= 4 is 56.9 Å². The number of halogens is 4. The lowest BCUT2D eigenvalue weighted by Crippen LogP contribution is -2.42. The van der Waals surface area contributed by atoms with Gasteiger partial charge in [-0.15, -0.1) is 0 Å². The molecule has 0 spiro atoms. The van der Waals surface area contributed by atoms with E-state index in [0.717, 1.165) is 30.5 Å². The van der Waals surface area contributed by atoms with Gasteiger partial charge in [-0.3, -0.25) is 9.59 Å². The van der Waals surface area contributed by atoms with Crippen LogP contribution >= 0.6 is 23.2 Å². The van der Waals surface area contributed by atoms with Crippen molar-refractivity contribution in [1.82, 2.24) is 10.2 Å². The largest absolute Gasteiger partial charge is 0.480 e. The molecule has 2 amide bonds. The zero-order valence-electron chi connectivity index (χ0n) is 22.0. The van der Waals surface area contributed by atoms with Crippen LogP contribution in [0.15, 0.2) is 59.5 Å². The number of rotatable bonds is 8. The average Bonchev–Trinajstić information content (AvgIpc) is 2.91. The Hall–Kier alpha value is -3.80. The second-order valence-corrected chi connectivity index (χ2v) is 12.5. The molecule has 4 rings (SSSR count). The van der Waals surface area contributed by atoms with Crippen molar-refractivity contribution in [3.05, 3.63) is 104 Å². The highest BCUT2D eigenvalue weighted by Gasteiger charge is 2.29. The zero-order chi connectivity index (χ0) is 30.8. The Kier molecular flexibility index (Phi) is 9.34. The smallest absolute Gasteiger partial charge is 0.326 e. The molecule has 0 fully saturated rings. The maximum Gasteiger partial charge on any atom is 0.326 e. The van der Waals surface area contributed by atoms with Gasteiger partial charge in [0.25, 0.3) is 5.91 Å². The van der Waals surface area contributed by atoms with Crippen LogP contribution < -0.4 is 5.32 Å².